The topological polar surface area (TPSA) is 58.3 Å². The van der Waals surface area contributed by atoms with Crippen LogP contribution in [0.2, 0.25) is 0 Å². The van der Waals surface area contributed by atoms with Gasteiger partial charge in [0, 0.05) is 6.54 Å². The van der Waals surface area contributed by atoms with Gasteiger partial charge in [0.25, 0.3) is 0 Å². The monoisotopic (exact) mass is 272 g/mol. The predicted molar refractivity (Wildman–Crippen MR) is 84.3 cm³/mol. The van der Waals surface area contributed by atoms with E-state index in [1.807, 2.05) is 0 Å². The lowest BCUT2D eigenvalue weighted by Gasteiger charge is -2.19. The first-order chi connectivity index (χ1) is 9.13. The second-order valence-corrected chi connectivity index (χ2v) is 6.01. The minimum absolute atomic E-state index is 0.180. The van der Waals surface area contributed by atoms with Gasteiger partial charge in [0.2, 0.25) is 0 Å². The Bertz CT molecular complexity index is 184. The lowest BCUT2D eigenvalue weighted by atomic mass is 9.94. The predicted octanol–water partition coefficient (Wildman–Crippen LogP) is 2.92. The number of rotatable bonds is 13. The maximum Gasteiger partial charge on any atom is 0.0664 e. The standard InChI is InChI=1S/C16H36N2O/c1-4-6-7-8-9-16(19)13-18-12-14(3)10-15(5-2)11-17/h14-16,18-19H,4-13,17H2,1-3H3. The van der Waals surface area contributed by atoms with Crippen molar-refractivity contribution >= 4 is 0 Å². The number of nitrogens with one attached hydrogen (secondary N) is 1. The third-order valence-electron chi connectivity index (χ3n) is 3.91. The van der Waals surface area contributed by atoms with E-state index in [0.717, 1.165) is 32.5 Å². The number of aliphatic hydroxyl groups is 1. The minimum Gasteiger partial charge on any atom is -0.392 e. The molecule has 0 spiro atoms. The SMILES string of the molecule is CCCCCCC(O)CNCC(C)CC(CC)CN. The van der Waals surface area contributed by atoms with Crippen molar-refractivity contribution in [2.75, 3.05) is 19.6 Å². The van der Waals surface area contributed by atoms with Gasteiger partial charge in [-0.2, -0.15) is 0 Å². The van der Waals surface area contributed by atoms with Gasteiger partial charge in [-0.15, -0.1) is 0 Å². The molecule has 0 saturated heterocycles. The fourth-order valence-corrected chi connectivity index (χ4v) is 2.49. The summed E-state index contributed by atoms with van der Waals surface area (Å²) in [4.78, 5) is 0. The van der Waals surface area contributed by atoms with Crippen LogP contribution in [0.3, 0.4) is 0 Å². The van der Waals surface area contributed by atoms with Gasteiger partial charge in [-0.05, 0) is 37.8 Å². The zero-order valence-electron chi connectivity index (χ0n) is 13.3. The number of unbranched alkanes of at least 4 members (excludes halogenated alkanes) is 3. The van der Waals surface area contributed by atoms with Crippen LogP contribution >= 0.6 is 0 Å². The van der Waals surface area contributed by atoms with Gasteiger partial charge in [0.1, 0.15) is 0 Å². The lowest BCUT2D eigenvalue weighted by molar-refractivity contribution is 0.156. The van der Waals surface area contributed by atoms with E-state index in [1.165, 1.54) is 32.1 Å². The maximum absolute atomic E-state index is 9.85. The van der Waals surface area contributed by atoms with E-state index in [-0.39, 0.29) is 6.10 Å². The molecule has 0 aromatic carbocycles. The Morgan fingerprint density at radius 1 is 1.11 bits per heavy atom. The summed E-state index contributed by atoms with van der Waals surface area (Å²) < 4.78 is 0. The molecule has 0 saturated carbocycles. The molecular weight excluding hydrogens is 236 g/mol. The highest BCUT2D eigenvalue weighted by molar-refractivity contribution is 4.67. The molecule has 3 unspecified atom stereocenters. The van der Waals surface area contributed by atoms with Crippen LogP contribution < -0.4 is 11.1 Å². The van der Waals surface area contributed by atoms with Crippen LogP contribution in [0.25, 0.3) is 0 Å². The van der Waals surface area contributed by atoms with Gasteiger partial charge in [0.05, 0.1) is 6.10 Å². The lowest BCUT2D eigenvalue weighted by Crippen LogP contribution is -2.31. The van der Waals surface area contributed by atoms with Crippen molar-refractivity contribution in [3.63, 3.8) is 0 Å². The summed E-state index contributed by atoms with van der Waals surface area (Å²) >= 11 is 0. The molecule has 0 bridgehead atoms. The summed E-state index contributed by atoms with van der Waals surface area (Å²) in [6.45, 7) is 9.19. The van der Waals surface area contributed by atoms with E-state index in [4.69, 9.17) is 5.73 Å². The largest absolute Gasteiger partial charge is 0.392 e. The third-order valence-corrected chi connectivity index (χ3v) is 3.91. The quantitative estimate of drug-likeness (QED) is 0.452. The summed E-state index contributed by atoms with van der Waals surface area (Å²) in [7, 11) is 0. The number of hydrogen-bond donors (Lipinski definition) is 3. The fraction of sp³-hybridized carbons (Fsp3) is 1.00. The highest BCUT2D eigenvalue weighted by atomic mass is 16.3. The Balaban J connectivity index is 3.49. The molecule has 0 heterocycles. The smallest absolute Gasteiger partial charge is 0.0664 e. The van der Waals surface area contributed by atoms with Crippen molar-refractivity contribution in [3.05, 3.63) is 0 Å². The Labute approximate surface area is 120 Å². The van der Waals surface area contributed by atoms with E-state index in [1.54, 1.807) is 0 Å². The summed E-state index contributed by atoms with van der Waals surface area (Å²) in [5.41, 5.74) is 5.73. The summed E-state index contributed by atoms with van der Waals surface area (Å²) in [6.07, 6.45) is 8.05. The molecule has 0 fully saturated rings. The molecule has 19 heavy (non-hydrogen) atoms. The molecule has 3 nitrogen and oxygen atoms in total. The van der Waals surface area contributed by atoms with Crippen LogP contribution in [0.15, 0.2) is 0 Å². The van der Waals surface area contributed by atoms with Crippen LogP contribution in [0.5, 0.6) is 0 Å². The summed E-state index contributed by atoms with van der Waals surface area (Å²) in [5.74, 6) is 1.29. The molecule has 4 N–H and O–H groups in total. The number of aliphatic hydroxyl groups excluding tert-OH is 1. The number of nitrogens with two attached hydrogens (primary N) is 1. The average molecular weight is 272 g/mol. The van der Waals surface area contributed by atoms with Crippen LogP contribution in [0.1, 0.15) is 65.7 Å². The van der Waals surface area contributed by atoms with Crippen LogP contribution in [-0.4, -0.2) is 30.8 Å². The van der Waals surface area contributed by atoms with E-state index < -0.39 is 0 Å². The van der Waals surface area contributed by atoms with Crippen molar-refractivity contribution in [1.82, 2.24) is 5.32 Å². The Kier molecular flexibility index (Phi) is 12.8. The first kappa shape index (κ1) is 18.9. The van der Waals surface area contributed by atoms with Crippen molar-refractivity contribution in [1.29, 1.82) is 0 Å². The van der Waals surface area contributed by atoms with Crippen LogP contribution in [0, 0.1) is 11.8 Å². The molecule has 0 amide bonds. The van der Waals surface area contributed by atoms with Gasteiger partial charge >= 0.3 is 0 Å². The average Bonchev–Trinajstić information content (AvgIpc) is 2.41. The molecule has 3 atom stereocenters. The molecule has 116 valence electrons. The molecule has 3 heteroatoms. The third kappa shape index (κ3) is 11.4. The summed E-state index contributed by atoms with van der Waals surface area (Å²) in [5, 5.41) is 13.2. The second kappa shape index (κ2) is 12.9. The van der Waals surface area contributed by atoms with Gasteiger partial charge in [-0.1, -0.05) is 52.9 Å². The molecule has 0 radical (unpaired) electrons. The number of hydrogen-bond acceptors (Lipinski definition) is 3. The van der Waals surface area contributed by atoms with E-state index in [0.29, 0.717) is 11.8 Å². The van der Waals surface area contributed by atoms with Gasteiger partial charge in [-0.3, -0.25) is 0 Å². The summed E-state index contributed by atoms with van der Waals surface area (Å²) in [6, 6.07) is 0. The van der Waals surface area contributed by atoms with Gasteiger partial charge < -0.3 is 16.2 Å². The normalized spacial score (nSPS) is 16.3. The molecule has 0 rings (SSSR count). The Morgan fingerprint density at radius 3 is 2.42 bits per heavy atom. The molecule has 0 aromatic heterocycles. The van der Waals surface area contributed by atoms with E-state index >= 15 is 0 Å². The minimum atomic E-state index is -0.180. The van der Waals surface area contributed by atoms with Gasteiger partial charge in [0.15, 0.2) is 0 Å². The first-order valence-corrected chi connectivity index (χ1v) is 8.22. The van der Waals surface area contributed by atoms with Crippen molar-refractivity contribution in [3.8, 4) is 0 Å². The van der Waals surface area contributed by atoms with Crippen LogP contribution in [0.4, 0.5) is 0 Å². The van der Waals surface area contributed by atoms with Gasteiger partial charge in [-0.25, -0.2) is 0 Å². The van der Waals surface area contributed by atoms with Crippen molar-refractivity contribution in [2.24, 2.45) is 17.6 Å². The highest BCUT2D eigenvalue weighted by Crippen LogP contribution is 2.13. The van der Waals surface area contributed by atoms with Crippen molar-refractivity contribution in [2.45, 2.75) is 71.8 Å². The van der Waals surface area contributed by atoms with E-state index in [2.05, 4.69) is 26.1 Å². The second-order valence-electron chi connectivity index (χ2n) is 6.01. The maximum atomic E-state index is 9.85. The van der Waals surface area contributed by atoms with E-state index in [9.17, 15) is 5.11 Å². The first-order valence-electron chi connectivity index (χ1n) is 8.22. The Hall–Kier alpha value is -0.120. The zero-order chi connectivity index (χ0) is 14.5. The van der Waals surface area contributed by atoms with Crippen LogP contribution in [-0.2, 0) is 0 Å². The fourth-order valence-electron chi connectivity index (χ4n) is 2.49. The molecule has 0 aliphatic rings. The van der Waals surface area contributed by atoms with Crippen molar-refractivity contribution < 1.29 is 5.11 Å². The highest BCUT2D eigenvalue weighted by Gasteiger charge is 2.10. The zero-order valence-corrected chi connectivity index (χ0v) is 13.3. The molecule has 0 aliphatic heterocycles. The Morgan fingerprint density at radius 2 is 1.84 bits per heavy atom. The molecule has 0 aromatic rings. The molecular formula is C16H36N2O. The molecule has 0 aliphatic carbocycles.